The summed E-state index contributed by atoms with van der Waals surface area (Å²) in [6.07, 6.45) is 4.93. The predicted octanol–water partition coefficient (Wildman–Crippen LogP) is 5.35. The van der Waals surface area contributed by atoms with Gasteiger partial charge in [-0.25, -0.2) is 12.7 Å². The summed E-state index contributed by atoms with van der Waals surface area (Å²) in [7, 11) is -3.54. The van der Waals surface area contributed by atoms with E-state index in [4.69, 9.17) is 16.3 Å². The van der Waals surface area contributed by atoms with Gasteiger partial charge < -0.3 is 9.64 Å². The lowest BCUT2D eigenvalue weighted by molar-refractivity contribution is -0.136. The van der Waals surface area contributed by atoms with Crippen LogP contribution in [0, 0.1) is 19.3 Å². The molecule has 0 bridgehead atoms. The highest BCUT2D eigenvalue weighted by Gasteiger charge is 2.42. The summed E-state index contributed by atoms with van der Waals surface area (Å²) in [4.78, 5) is 15.3. The third-order valence-electron chi connectivity index (χ3n) is 7.36. The zero-order valence-electron chi connectivity index (χ0n) is 21.3. The topological polar surface area (TPSA) is 66.9 Å². The van der Waals surface area contributed by atoms with Crippen molar-refractivity contribution in [1.82, 2.24) is 9.21 Å². The molecular weight excluding hydrogens is 496 g/mol. The van der Waals surface area contributed by atoms with Crippen LogP contribution in [-0.4, -0.2) is 56.3 Å². The molecule has 4 rings (SSSR count). The first-order valence-electron chi connectivity index (χ1n) is 12.9. The van der Waals surface area contributed by atoms with Gasteiger partial charge in [-0.15, -0.1) is 0 Å². The van der Waals surface area contributed by atoms with Gasteiger partial charge in [0.2, 0.25) is 15.9 Å². The van der Waals surface area contributed by atoms with Crippen LogP contribution >= 0.6 is 11.6 Å². The van der Waals surface area contributed by atoms with Gasteiger partial charge in [0.05, 0.1) is 12.4 Å². The molecule has 196 valence electrons. The summed E-state index contributed by atoms with van der Waals surface area (Å²) in [6, 6.07) is 13.1. The maximum Gasteiger partial charge on any atom is 0.223 e. The molecule has 36 heavy (non-hydrogen) atoms. The van der Waals surface area contributed by atoms with Crippen molar-refractivity contribution in [3.63, 3.8) is 0 Å². The standard InChI is InChI=1S/C28H37ClN2O4S/c1-22-8-6-9-24(16-22)19-36(33,34)31-15-7-12-28(20-31,18-27(32)30-13-4-3-5-14-30)21-35-25-10-11-26(29)23(2)17-25/h6,8-11,16-17H,3-5,7,12-15,18-21H2,1-2H3/t28-/m0/s1. The second-order valence-corrected chi connectivity index (χ2v) is 12.9. The fourth-order valence-electron chi connectivity index (χ4n) is 5.34. The minimum absolute atomic E-state index is 0.0396. The fraction of sp³-hybridized carbons (Fsp3) is 0.536. The molecule has 1 atom stereocenters. The summed E-state index contributed by atoms with van der Waals surface area (Å²) in [6.45, 7) is 6.48. The number of ether oxygens (including phenoxy) is 1. The SMILES string of the molecule is Cc1cccc(CS(=O)(=O)N2CCC[C@](COc3ccc(Cl)c(C)c3)(CC(=O)N3CCCCC3)C2)c1. The quantitative estimate of drug-likeness (QED) is 0.459. The summed E-state index contributed by atoms with van der Waals surface area (Å²) >= 11 is 6.18. The van der Waals surface area contributed by atoms with E-state index in [2.05, 4.69) is 0 Å². The molecule has 0 unspecified atom stereocenters. The number of likely N-dealkylation sites (tertiary alicyclic amines) is 1. The van der Waals surface area contributed by atoms with Crippen molar-refractivity contribution in [1.29, 1.82) is 0 Å². The lowest BCUT2D eigenvalue weighted by Crippen LogP contribution is -2.51. The van der Waals surface area contributed by atoms with Crippen LogP contribution in [0.5, 0.6) is 5.75 Å². The van der Waals surface area contributed by atoms with E-state index in [-0.39, 0.29) is 31.2 Å². The van der Waals surface area contributed by atoms with Gasteiger partial charge in [0, 0.05) is 43.0 Å². The number of hydrogen-bond acceptors (Lipinski definition) is 4. The Labute approximate surface area is 220 Å². The molecule has 0 spiro atoms. The van der Waals surface area contributed by atoms with Crippen LogP contribution in [0.2, 0.25) is 5.02 Å². The van der Waals surface area contributed by atoms with E-state index in [0.717, 1.165) is 55.5 Å². The molecule has 8 heteroatoms. The van der Waals surface area contributed by atoms with Gasteiger partial charge in [-0.3, -0.25) is 4.79 Å². The molecule has 2 saturated heterocycles. The normalized spacial score (nSPS) is 21.4. The van der Waals surface area contributed by atoms with Crippen molar-refractivity contribution >= 4 is 27.5 Å². The Kier molecular flexibility index (Phi) is 8.63. The van der Waals surface area contributed by atoms with Gasteiger partial charge >= 0.3 is 0 Å². The Hall–Kier alpha value is -2.09. The van der Waals surface area contributed by atoms with E-state index in [1.807, 2.05) is 55.1 Å². The van der Waals surface area contributed by atoms with Gasteiger partial charge in [-0.05, 0) is 75.3 Å². The Bertz CT molecular complexity index is 1180. The molecule has 2 aromatic carbocycles. The van der Waals surface area contributed by atoms with Crippen LogP contribution in [0.15, 0.2) is 42.5 Å². The van der Waals surface area contributed by atoms with E-state index in [1.54, 1.807) is 10.4 Å². The lowest BCUT2D eigenvalue weighted by Gasteiger charge is -2.42. The van der Waals surface area contributed by atoms with Crippen molar-refractivity contribution in [2.24, 2.45) is 5.41 Å². The third kappa shape index (κ3) is 6.81. The molecule has 2 aliphatic heterocycles. The van der Waals surface area contributed by atoms with E-state index in [1.165, 1.54) is 0 Å². The minimum Gasteiger partial charge on any atom is -0.493 e. The Morgan fingerprint density at radius 2 is 1.81 bits per heavy atom. The molecule has 2 fully saturated rings. The van der Waals surface area contributed by atoms with E-state index in [0.29, 0.717) is 23.7 Å². The number of amides is 1. The molecular formula is C28H37ClN2O4S. The number of carbonyl (C=O) groups excluding carboxylic acids is 1. The molecule has 0 saturated carbocycles. The first kappa shape index (κ1) is 27.0. The van der Waals surface area contributed by atoms with Crippen LogP contribution in [-0.2, 0) is 20.6 Å². The van der Waals surface area contributed by atoms with Crippen LogP contribution in [0.3, 0.4) is 0 Å². The second-order valence-electron chi connectivity index (χ2n) is 10.5. The van der Waals surface area contributed by atoms with Crippen molar-refractivity contribution in [2.45, 2.75) is 58.1 Å². The Balaban J connectivity index is 1.55. The number of benzene rings is 2. The van der Waals surface area contributed by atoms with Gasteiger partial charge in [0.25, 0.3) is 0 Å². The Morgan fingerprint density at radius 1 is 1.03 bits per heavy atom. The second kappa shape index (κ2) is 11.5. The molecule has 1 amide bonds. The number of rotatable bonds is 8. The van der Waals surface area contributed by atoms with Crippen LogP contribution in [0.4, 0.5) is 0 Å². The van der Waals surface area contributed by atoms with Gasteiger partial charge in [-0.1, -0.05) is 41.4 Å². The number of hydrogen-bond donors (Lipinski definition) is 0. The summed E-state index contributed by atoms with van der Waals surface area (Å²) < 4.78 is 34.7. The first-order chi connectivity index (χ1) is 17.2. The summed E-state index contributed by atoms with van der Waals surface area (Å²) in [5.41, 5.74) is 2.15. The number of aryl methyl sites for hydroxylation is 2. The van der Waals surface area contributed by atoms with Gasteiger partial charge in [-0.2, -0.15) is 0 Å². The molecule has 2 aromatic rings. The number of piperidine rings is 2. The zero-order chi connectivity index (χ0) is 25.8. The maximum absolute atomic E-state index is 13.5. The number of halogens is 1. The highest BCUT2D eigenvalue weighted by Crippen LogP contribution is 2.37. The molecule has 0 radical (unpaired) electrons. The van der Waals surface area contributed by atoms with Crippen molar-refractivity contribution in [3.05, 3.63) is 64.2 Å². The minimum atomic E-state index is -3.54. The van der Waals surface area contributed by atoms with Crippen LogP contribution in [0.1, 0.15) is 55.2 Å². The van der Waals surface area contributed by atoms with Crippen LogP contribution < -0.4 is 4.74 Å². The molecule has 0 N–H and O–H groups in total. The molecule has 6 nitrogen and oxygen atoms in total. The summed E-state index contributed by atoms with van der Waals surface area (Å²) in [5, 5.41) is 0.670. The van der Waals surface area contributed by atoms with Crippen molar-refractivity contribution in [3.8, 4) is 5.75 Å². The van der Waals surface area contributed by atoms with Crippen LogP contribution in [0.25, 0.3) is 0 Å². The third-order valence-corrected chi connectivity index (χ3v) is 9.58. The molecule has 2 aliphatic rings. The monoisotopic (exact) mass is 532 g/mol. The van der Waals surface area contributed by atoms with Crippen molar-refractivity contribution in [2.75, 3.05) is 32.8 Å². The number of sulfonamides is 1. The predicted molar refractivity (Wildman–Crippen MR) is 144 cm³/mol. The van der Waals surface area contributed by atoms with Gasteiger partial charge in [0.1, 0.15) is 5.75 Å². The van der Waals surface area contributed by atoms with E-state index < -0.39 is 15.4 Å². The molecule has 0 aliphatic carbocycles. The highest BCUT2D eigenvalue weighted by atomic mass is 35.5. The first-order valence-corrected chi connectivity index (χ1v) is 14.8. The zero-order valence-corrected chi connectivity index (χ0v) is 22.9. The fourth-order valence-corrected chi connectivity index (χ4v) is 7.12. The lowest BCUT2D eigenvalue weighted by atomic mass is 9.78. The smallest absolute Gasteiger partial charge is 0.223 e. The van der Waals surface area contributed by atoms with Gasteiger partial charge in [0.15, 0.2) is 0 Å². The largest absolute Gasteiger partial charge is 0.493 e. The average molecular weight is 533 g/mol. The van der Waals surface area contributed by atoms with E-state index in [9.17, 15) is 13.2 Å². The van der Waals surface area contributed by atoms with E-state index >= 15 is 0 Å². The maximum atomic E-state index is 13.5. The average Bonchev–Trinajstić information content (AvgIpc) is 2.85. The summed E-state index contributed by atoms with van der Waals surface area (Å²) in [5.74, 6) is 0.743. The number of nitrogens with zero attached hydrogens (tertiary/aromatic N) is 2. The van der Waals surface area contributed by atoms with Crippen molar-refractivity contribution < 1.29 is 17.9 Å². The molecule has 2 heterocycles. The number of carbonyl (C=O) groups is 1. The molecule has 0 aromatic heterocycles. The highest BCUT2D eigenvalue weighted by molar-refractivity contribution is 7.88. The Morgan fingerprint density at radius 3 is 2.53 bits per heavy atom.